The number of amides is 1. The smallest absolute Gasteiger partial charge is 0.232 e. The van der Waals surface area contributed by atoms with E-state index in [0.717, 1.165) is 29.4 Å². The monoisotopic (exact) mass is 349 g/mol. The summed E-state index contributed by atoms with van der Waals surface area (Å²) in [6, 6.07) is 5.94. The average molecular weight is 349 g/mol. The Morgan fingerprint density at radius 3 is 2.67 bits per heavy atom. The van der Waals surface area contributed by atoms with Gasteiger partial charge in [0.05, 0.1) is 19.0 Å². The van der Waals surface area contributed by atoms with Gasteiger partial charge in [-0.3, -0.25) is 4.79 Å². The molecule has 24 heavy (non-hydrogen) atoms. The van der Waals surface area contributed by atoms with Gasteiger partial charge in [0.2, 0.25) is 5.91 Å². The number of thioether (sulfide) groups is 1. The molecule has 4 nitrogen and oxygen atoms in total. The number of nitrogens with zero attached hydrogens (tertiary/aromatic N) is 1. The van der Waals surface area contributed by atoms with Gasteiger partial charge in [-0.1, -0.05) is 19.3 Å². The van der Waals surface area contributed by atoms with Crippen LogP contribution in [0.1, 0.15) is 38.5 Å². The summed E-state index contributed by atoms with van der Waals surface area (Å²) in [6.45, 7) is 2.29. The molecule has 2 aliphatic rings. The van der Waals surface area contributed by atoms with Crippen LogP contribution < -0.4 is 9.47 Å². The lowest BCUT2D eigenvalue weighted by Crippen LogP contribution is -2.33. The lowest BCUT2D eigenvalue weighted by atomic mass is 9.89. The molecule has 5 heteroatoms. The van der Waals surface area contributed by atoms with E-state index in [1.165, 1.54) is 32.1 Å². The minimum atomic E-state index is 0.206. The van der Waals surface area contributed by atoms with Crippen molar-refractivity contribution in [1.29, 1.82) is 0 Å². The fourth-order valence-corrected chi connectivity index (χ4v) is 4.21. The second-order valence-corrected chi connectivity index (χ2v) is 7.77. The molecule has 1 saturated carbocycles. The molecule has 0 saturated heterocycles. The predicted octanol–water partition coefficient (Wildman–Crippen LogP) is 3.98. The standard InChI is InChI=1S/C19H27NO3S/c1-20(13-15-6-3-2-4-7-15)19(21)14-24-16-8-9-17-18(12-16)23-11-5-10-22-17/h8-9,12,15H,2-7,10-11,13-14H2,1H3. The Morgan fingerprint density at radius 2 is 1.88 bits per heavy atom. The Labute approximate surface area is 148 Å². The molecule has 1 aromatic rings. The van der Waals surface area contributed by atoms with E-state index < -0.39 is 0 Å². The number of hydrogen-bond donors (Lipinski definition) is 0. The van der Waals surface area contributed by atoms with E-state index in [0.29, 0.717) is 24.9 Å². The lowest BCUT2D eigenvalue weighted by molar-refractivity contribution is -0.127. The molecule has 0 atom stereocenters. The summed E-state index contributed by atoms with van der Waals surface area (Å²) >= 11 is 1.57. The fourth-order valence-electron chi connectivity index (χ4n) is 3.35. The maximum Gasteiger partial charge on any atom is 0.232 e. The molecular formula is C19H27NO3S. The number of carbonyl (C=O) groups excluding carboxylic acids is 1. The summed E-state index contributed by atoms with van der Waals surface area (Å²) in [7, 11) is 1.94. The van der Waals surface area contributed by atoms with E-state index in [-0.39, 0.29) is 5.91 Å². The predicted molar refractivity (Wildman–Crippen MR) is 97.0 cm³/mol. The molecule has 0 spiro atoms. The van der Waals surface area contributed by atoms with E-state index in [2.05, 4.69) is 0 Å². The highest BCUT2D eigenvalue weighted by atomic mass is 32.2. The molecule has 0 unspecified atom stereocenters. The summed E-state index contributed by atoms with van der Waals surface area (Å²) in [5, 5.41) is 0. The van der Waals surface area contributed by atoms with Gasteiger partial charge < -0.3 is 14.4 Å². The van der Waals surface area contributed by atoms with Crippen LogP contribution in [0.3, 0.4) is 0 Å². The Balaban J connectivity index is 1.49. The number of fused-ring (bicyclic) bond motifs is 1. The summed E-state index contributed by atoms with van der Waals surface area (Å²) in [5.74, 6) is 2.97. The highest BCUT2D eigenvalue weighted by Crippen LogP contribution is 2.34. The number of hydrogen-bond acceptors (Lipinski definition) is 4. The normalized spacial score (nSPS) is 18.0. The van der Waals surface area contributed by atoms with Gasteiger partial charge in [0.1, 0.15) is 0 Å². The molecule has 1 fully saturated rings. The molecule has 1 heterocycles. The van der Waals surface area contributed by atoms with Crippen molar-refractivity contribution < 1.29 is 14.3 Å². The summed E-state index contributed by atoms with van der Waals surface area (Å²) < 4.78 is 11.4. The van der Waals surface area contributed by atoms with Crippen LogP contribution in [0.2, 0.25) is 0 Å². The fraction of sp³-hybridized carbons (Fsp3) is 0.632. The summed E-state index contributed by atoms with van der Waals surface area (Å²) in [6.07, 6.45) is 7.44. The number of benzene rings is 1. The molecule has 0 N–H and O–H groups in total. The average Bonchev–Trinajstić information content (AvgIpc) is 2.85. The van der Waals surface area contributed by atoms with Crippen molar-refractivity contribution >= 4 is 17.7 Å². The Bertz CT molecular complexity index is 558. The van der Waals surface area contributed by atoms with Gasteiger partial charge in [-0.05, 0) is 37.0 Å². The second kappa shape index (κ2) is 8.65. The van der Waals surface area contributed by atoms with Gasteiger partial charge in [-0.2, -0.15) is 0 Å². The Morgan fingerprint density at radius 1 is 1.12 bits per heavy atom. The van der Waals surface area contributed by atoms with E-state index in [4.69, 9.17) is 9.47 Å². The number of ether oxygens (including phenoxy) is 2. The zero-order chi connectivity index (χ0) is 16.8. The lowest BCUT2D eigenvalue weighted by Gasteiger charge is -2.27. The first-order chi connectivity index (χ1) is 11.7. The van der Waals surface area contributed by atoms with Crippen LogP contribution in [0.25, 0.3) is 0 Å². The van der Waals surface area contributed by atoms with E-state index in [1.54, 1.807) is 11.8 Å². The van der Waals surface area contributed by atoms with Gasteiger partial charge in [-0.25, -0.2) is 0 Å². The molecular weight excluding hydrogens is 322 g/mol. The third kappa shape index (κ3) is 4.82. The van der Waals surface area contributed by atoms with Gasteiger partial charge >= 0.3 is 0 Å². The molecule has 0 bridgehead atoms. The molecule has 0 aromatic heterocycles. The van der Waals surface area contributed by atoms with Crippen LogP contribution in [-0.2, 0) is 4.79 Å². The van der Waals surface area contributed by atoms with Crippen molar-refractivity contribution in [3.8, 4) is 11.5 Å². The quantitative estimate of drug-likeness (QED) is 0.754. The summed E-state index contributed by atoms with van der Waals surface area (Å²) in [5.41, 5.74) is 0. The van der Waals surface area contributed by atoms with Crippen LogP contribution in [0.5, 0.6) is 11.5 Å². The van der Waals surface area contributed by atoms with Crippen LogP contribution in [-0.4, -0.2) is 43.4 Å². The van der Waals surface area contributed by atoms with E-state index in [1.807, 2.05) is 30.1 Å². The van der Waals surface area contributed by atoms with Crippen molar-refractivity contribution in [2.24, 2.45) is 5.92 Å². The maximum absolute atomic E-state index is 12.4. The van der Waals surface area contributed by atoms with Gasteiger partial charge in [-0.15, -0.1) is 11.8 Å². The third-order valence-electron chi connectivity index (χ3n) is 4.76. The summed E-state index contributed by atoms with van der Waals surface area (Å²) in [4.78, 5) is 15.3. The van der Waals surface area contributed by atoms with E-state index in [9.17, 15) is 4.79 Å². The van der Waals surface area contributed by atoms with Crippen molar-refractivity contribution in [3.05, 3.63) is 18.2 Å². The zero-order valence-corrected chi connectivity index (χ0v) is 15.3. The largest absolute Gasteiger partial charge is 0.490 e. The minimum Gasteiger partial charge on any atom is -0.490 e. The van der Waals surface area contributed by atoms with Crippen molar-refractivity contribution in [3.63, 3.8) is 0 Å². The van der Waals surface area contributed by atoms with Gasteiger partial charge in [0.25, 0.3) is 0 Å². The minimum absolute atomic E-state index is 0.206. The molecule has 3 rings (SSSR count). The Kier molecular flexibility index (Phi) is 6.30. The molecule has 1 amide bonds. The van der Waals surface area contributed by atoms with Crippen molar-refractivity contribution in [2.45, 2.75) is 43.4 Å². The third-order valence-corrected chi connectivity index (χ3v) is 5.74. The van der Waals surface area contributed by atoms with E-state index >= 15 is 0 Å². The van der Waals surface area contributed by atoms with Gasteiger partial charge in [0.15, 0.2) is 11.5 Å². The SMILES string of the molecule is CN(CC1CCCCC1)C(=O)CSc1ccc2c(c1)OCCCO2. The highest BCUT2D eigenvalue weighted by Gasteiger charge is 2.18. The zero-order valence-electron chi connectivity index (χ0n) is 14.5. The maximum atomic E-state index is 12.4. The molecule has 1 aliphatic heterocycles. The van der Waals surface area contributed by atoms with Gasteiger partial charge in [0, 0.05) is 24.9 Å². The molecule has 0 radical (unpaired) electrons. The highest BCUT2D eigenvalue weighted by molar-refractivity contribution is 8.00. The van der Waals surface area contributed by atoms with Crippen LogP contribution >= 0.6 is 11.8 Å². The Hall–Kier alpha value is -1.36. The first-order valence-corrected chi connectivity index (χ1v) is 9.97. The first-order valence-electron chi connectivity index (χ1n) is 8.99. The number of rotatable bonds is 5. The molecule has 132 valence electrons. The first kappa shape index (κ1) is 17.5. The van der Waals surface area contributed by atoms with Crippen LogP contribution in [0.4, 0.5) is 0 Å². The molecule has 1 aliphatic carbocycles. The second-order valence-electron chi connectivity index (χ2n) is 6.73. The van der Waals surface area contributed by atoms with Crippen LogP contribution in [0, 0.1) is 5.92 Å². The van der Waals surface area contributed by atoms with Crippen molar-refractivity contribution in [2.75, 3.05) is 32.6 Å². The molecule has 1 aromatic carbocycles. The van der Waals surface area contributed by atoms with Crippen molar-refractivity contribution in [1.82, 2.24) is 4.90 Å². The van der Waals surface area contributed by atoms with Crippen LogP contribution in [0.15, 0.2) is 23.1 Å². The number of carbonyl (C=O) groups is 1. The topological polar surface area (TPSA) is 38.8 Å².